The van der Waals surface area contributed by atoms with Gasteiger partial charge in [-0.25, -0.2) is 0 Å². The molecule has 0 aliphatic rings. The minimum Gasteiger partial charge on any atom is -0.355 e. The van der Waals surface area contributed by atoms with Crippen LogP contribution in [0.2, 0.25) is 5.02 Å². The van der Waals surface area contributed by atoms with Crippen LogP contribution in [0, 0.1) is 4.77 Å². The van der Waals surface area contributed by atoms with Crippen LogP contribution in [0.1, 0.15) is 5.69 Å². The van der Waals surface area contributed by atoms with Crippen LogP contribution in [0.5, 0.6) is 0 Å². The van der Waals surface area contributed by atoms with Gasteiger partial charge in [-0.2, -0.15) is 0 Å². The Morgan fingerprint density at radius 3 is 3.05 bits per heavy atom. The minimum atomic E-state index is -0.228. The summed E-state index contributed by atoms with van der Waals surface area (Å²) in [6.07, 6.45) is 3.37. The maximum absolute atomic E-state index is 11.7. The van der Waals surface area contributed by atoms with E-state index in [4.69, 9.17) is 23.8 Å². The molecule has 3 heterocycles. The van der Waals surface area contributed by atoms with Gasteiger partial charge < -0.3 is 9.55 Å². The fourth-order valence-electron chi connectivity index (χ4n) is 1.95. The van der Waals surface area contributed by atoms with Gasteiger partial charge in [0.1, 0.15) is 5.52 Å². The molecule has 0 fully saturated rings. The lowest BCUT2D eigenvalue weighted by atomic mass is 10.3. The summed E-state index contributed by atoms with van der Waals surface area (Å²) in [6.45, 7) is 0.406. The first-order valence-electron chi connectivity index (χ1n) is 5.56. The monoisotopic (exact) mass is 292 g/mol. The van der Waals surface area contributed by atoms with Crippen molar-refractivity contribution in [2.75, 3.05) is 0 Å². The van der Waals surface area contributed by atoms with Crippen molar-refractivity contribution in [2.45, 2.75) is 6.54 Å². The van der Waals surface area contributed by atoms with Crippen molar-refractivity contribution in [3.63, 3.8) is 0 Å². The molecule has 0 radical (unpaired) electrons. The molecule has 5 nitrogen and oxygen atoms in total. The van der Waals surface area contributed by atoms with Crippen LogP contribution in [-0.4, -0.2) is 19.5 Å². The van der Waals surface area contributed by atoms with Crippen LogP contribution in [-0.2, 0) is 6.54 Å². The second-order valence-corrected chi connectivity index (χ2v) is 4.81. The Hall–Kier alpha value is -1.92. The van der Waals surface area contributed by atoms with Crippen LogP contribution in [0.25, 0.3) is 11.0 Å². The molecule has 0 amide bonds. The summed E-state index contributed by atoms with van der Waals surface area (Å²) >= 11 is 11.3. The van der Waals surface area contributed by atoms with Crippen molar-refractivity contribution >= 4 is 34.9 Å². The van der Waals surface area contributed by atoms with Crippen LogP contribution in [0.4, 0.5) is 0 Å². The van der Waals surface area contributed by atoms with Gasteiger partial charge in [-0.1, -0.05) is 11.6 Å². The molecule has 0 saturated heterocycles. The fraction of sp³-hybridized carbons (Fsp3) is 0.0833. The molecule has 3 aromatic rings. The van der Waals surface area contributed by atoms with Gasteiger partial charge in [-0.3, -0.25) is 14.8 Å². The summed E-state index contributed by atoms with van der Waals surface area (Å²) < 4.78 is 2.13. The van der Waals surface area contributed by atoms with E-state index in [0.29, 0.717) is 27.5 Å². The van der Waals surface area contributed by atoms with Crippen molar-refractivity contribution in [1.82, 2.24) is 19.5 Å². The topological polar surface area (TPSA) is 66.5 Å². The molecule has 0 spiro atoms. The number of aromatic nitrogens is 4. The third-order valence-corrected chi connectivity index (χ3v) is 3.52. The zero-order chi connectivity index (χ0) is 13.4. The Labute approximate surface area is 117 Å². The highest BCUT2D eigenvalue weighted by Crippen LogP contribution is 2.16. The molecule has 3 aromatic heterocycles. The van der Waals surface area contributed by atoms with E-state index in [9.17, 15) is 4.79 Å². The number of halogens is 1. The first-order valence-corrected chi connectivity index (χ1v) is 6.35. The van der Waals surface area contributed by atoms with E-state index < -0.39 is 0 Å². The molecule has 0 aliphatic heterocycles. The first kappa shape index (κ1) is 12.1. The Kier molecular flexibility index (Phi) is 2.96. The summed E-state index contributed by atoms with van der Waals surface area (Å²) in [7, 11) is 0. The average Bonchev–Trinajstić information content (AvgIpc) is 2.86. The predicted octanol–water partition coefficient (Wildman–Crippen LogP) is 2.48. The summed E-state index contributed by atoms with van der Waals surface area (Å²) in [5, 5.41) is 0.569. The average molecular weight is 293 g/mol. The number of hydrogen-bond donors (Lipinski definition) is 2. The van der Waals surface area contributed by atoms with E-state index in [1.54, 1.807) is 35.2 Å². The normalized spacial score (nSPS) is 11.0. The molecule has 0 bridgehead atoms. The molecule has 0 saturated carbocycles. The molecule has 96 valence electrons. The summed E-state index contributed by atoms with van der Waals surface area (Å²) in [4.78, 5) is 21.5. The highest BCUT2D eigenvalue weighted by atomic mass is 35.5. The van der Waals surface area contributed by atoms with Gasteiger partial charge in [0.2, 0.25) is 0 Å². The first-order chi connectivity index (χ1) is 9.16. The van der Waals surface area contributed by atoms with Gasteiger partial charge in [0.15, 0.2) is 4.77 Å². The lowest BCUT2D eigenvalue weighted by molar-refractivity contribution is 0.761. The van der Waals surface area contributed by atoms with Gasteiger partial charge >= 0.3 is 0 Å². The van der Waals surface area contributed by atoms with E-state index in [2.05, 4.69) is 15.0 Å². The third kappa shape index (κ3) is 2.09. The predicted molar refractivity (Wildman–Crippen MR) is 76.1 cm³/mol. The molecule has 2 N–H and O–H groups in total. The van der Waals surface area contributed by atoms with Crippen molar-refractivity contribution in [3.8, 4) is 0 Å². The van der Waals surface area contributed by atoms with E-state index in [1.807, 2.05) is 0 Å². The van der Waals surface area contributed by atoms with Crippen LogP contribution in [0.3, 0.4) is 0 Å². The van der Waals surface area contributed by atoms with Crippen molar-refractivity contribution in [1.29, 1.82) is 0 Å². The van der Waals surface area contributed by atoms with E-state index in [-0.39, 0.29) is 5.56 Å². The quantitative estimate of drug-likeness (QED) is 0.713. The number of nitrogens with zero attached hydrogens (tertiary/aromatic N) is 2. The summed E-state index contributed by atoms with van der Waals surface area (Å²) in [5.41, 5.74) is 1.69. The molecular formula is C12H9ClN4OS. The fourth-order valence-corrected chi connectivity index (χ4v) is 2.38. The van der Waals surface area contributed by atoms with Crippen molar-refractivity contribution in [3.05, 3.63) is 56.4 Å². The summed E-state index contributed by atoms with van der Waals surface area (Å²) in [6, 6.07) is 5.34. The van der Waals surface area contributed by atoms with Gasteiger partial charge in [-0.05, 0) is 30.4 Å². The van der Waals surface area contributed by atoms with Crippen LogP contribution in [0.15, 0.2) is 35.4 Å². The van der Waals surface area contributed by atoms with Gasteiger partial charge in [0.25, 0.3) is 5.56 Å². The minimum absolute atomic E-state index is 0.228. The van der Waals surface area contributed by atoms with Crippen LogP contribution < -0.4 is 5.56 Å². The maximum atomic E-state index is 11.7. The second-order valence-electron chi connectivity index (χ2n) is 4.02. The number of pyridine rings is 1. The molecule has 7 heteroatoms. The van der Waals surface area contributed by atoms with Crippen molar-refractivity contribution < 1.29 is 0 Å². The number of H-pyrrole nitrogens is 2. The molecule has 0 aromatic carbocycles. The SMILES string of the molecule is O=c1[nH]c(=S)n(Cc2ncccc2Cl)c2cc[nH]c12. The maximum Gasteiger partial charge on any atom is 0.276 e. The van der Waals surface area contributed by atoms with E-state index in [1.165, 1.54) is 0 Å². The lowest BCUT2D eigenvalue weighted by Gasteiger charge is -2.09. The zero-order valence-corrected chi connectivity index (χ0v) is 11.3. The number of aromatic amines is 2. The van der Waals surface area contributed by atoms with Crippen LogP contribution >= 0.6 is 23.8 Å². The lowest BCUT2D eigenvalue weighted by Crippen LogP contribution is -2.15. The van der Waals surface area contributed by atoms with Gasteiger partial charge in [0, 0.05) is 12.4 Å². The highest BCUT2D eigenvalue weighted by molar-refractivity contribution is 7.71. The Morgan fingerprint density at radius 1 is 1.42 bits per heavy atom. The van der Waals surface area contributed by atoms with E-state index >= 15 is 0 Å². The Morgan fingerprint density at radius 2 is 2.26 bits per heavy atom. The molecule has 0 unspecified atom stereocenters. The number of hydrogen-bond acceptors (Lipinski definition) is 3. The van der Waals surface area contributed by atoms with Crippen molar-refractivity contribution in [2.24, 2.45) is 0 Å². The largest absolute Gasteiger partial charge is 0.355 e. The standard InChI is InChI=1S/C12H9ClN4OS/c13-7-2-1-4-14-8(7)6-17-9-3-5-15-10(9)11(18)16-12(17)19/h1-5,15H,6H2,(H,16,18,19). The number of rotatable bonds is 2. The van der Waals surface area contributed by atoms with E-state index in [0.717, 1.165) is 5.52 Å². The number of nitrogens with one attached hydrogen (secondary N) is 2. The molecule has 0 atom stereocenters. The zero-order valence-electron chi connectivity index (χ0n) is 9.68. The molecule has 19 heavy (non-hydrogen) atoms. The third-order valence-electron chi connectivity index (χ3n) is 2.85. The van der Waals surface area contributed by atoms with Gasteiger partial charge in [0.05, 0.1) is 22.8 Å². The molecule has 3 rings (SSSR count). The Balaban J connectivity index is 2.21. The molecular weight excluding hydrogens is 284 g/mol. The highest BCUT2D eigenvalue weighted by Gasteiger charge is 2.09. The number of fused-ring (bicyclic) bond motifs is 1. The van der Waals surface area contributed by atoms with Gasteiger partial charge in [-0.15, -0.1) is 0 Å². The second kappa shape index (κ2) is 4.64. The molecule has 0 aliphatic carbocycles. The smallest absolute Gasteiger partial charge is 0.276 e. The summed E-state index contributed by atoms with van der Waals surface area (Å²) in [5.74, 6) is 0. The Bertz CT molecular complexity index is 864.